The predicted octanol–water partition coefficient (Wildman–Crippen LogP) is 3.83. The van der Waals surface area contributed by atoms with Gasteiger partial charge in [0, 0.05) is 46.0 Å². The number of carbonyl (C=O) groups excluding carboxylic acids is 1. The second kappa shape index (κ2) is 9.78. The van der Waals surface area contributed by atoms with Crippen molar-refractivity contribution in [2.75, 3.05) is 44.1 Å². The maximum Gasteiger partial charge on any atom is 0.322 e. The Labute approximate surface area is 181 Å². The van der Waals surface area contributed by atoms with Gasteiger partial charge >= 0.3 is 6.03 Å². The molecule has 0 bridgehead atoms. The van der Waals surface area contributed by atoms with Gasteiger partial charge < -0.3 is 24.8 Å². The summed E-state index contributed by atoms with van der Waals surface area (Å²) in [6.07, 6.45) is 2.32. The summed E-state index contributed by atoms with van der Waals surface area (Å²) in [6, 6.07) is 2.99. The third kappa shape index (κ3) is 4.96. The molecule has 0 fully saturated rings. The molecule has 0 aliphatic heterocycles. The molecule has 0 aliphatic carbocycles. The van der Waals surface area contributed by atoms with Crippen LogP contribution in [0.2, 0.25) is 0 Å². The molecule has 9 nitrogen and oxygen atoms in total. The highest BCUT2D eigenvalue weighted by Crippen LogP contribution is 2.29. The molecule has 0 saturated carbocycles. The smallest absolute Gasteiger partial charge is 0.322 e. The number of rotatable bonds is 9. The molecule has 3 N–H and O–H groups in total. The van der Waals surface area contributed by atoms with Crippen molar-refractivity contribution >= 4 is 28.4 Å². The average molecular weight is 432 g/mol. The molecule has 0 atom stereocenters. The lowest BCUT2D eigenvalue weighted by molar-refractivity contribution is 0.196. The number of ether oxygens (including phenoxy) is 1. The third-order valence-electron chi connectivity index (χ3n) is 5.15. The first-order valence-electron chi connectivity index (χ1n) is 10.4. The number of halogens is 1. The van der Waals surface area contributed by atoms with Crippen molar-refractivity contribution in [3.05, 3.63) is 24.1 Å². The molecule has 3 rings (SSSR count). The first-order valence-corrected chi connectivity index (χ1v) is 10.4. The van der Waals surface area contributed by atoms with E-state index in [2.05, 4.69) is 25.5 Å². The fourth-order valence-corrected chi connectivity index (χ4v) is 3.49. The normalized spacial score (nSPS) is 11.3. The van der Waals surface area contributed by atoms with E-state index in [0.717, 1.165) is 6.42 Å². The number of carbonyl (C=O) groups is 1. The average Bonchev–Trinajstić information content (AvgIpc) is 3.33. The van der Waals surface area contributed by atoms with Gasteiger partial charge in [0.2, 0.25) is 0 Å². The van der Waals surface area contributed by atoms with E-state index in [1.165, 1.54) is 12.3 Å². The third-order valence-corrected chi connectivity index (χ3v) is 5.15. The molecule has 1 aromatic carbocycles. The molecule has 168 valence electrons. The number of hydrogen-bond donors (Lipinski definition) is 3. The molecule has 10 heteroatoms. The van der Waals surface area contributed by atoms with Crippen molar-refractivity contribution in [2.45, 2.75) is 33.2 Å². The highest BCUT2D eigenvalue weighted by molar-refractivity contribution is 5.93. The Morgan fingerprint density at radius 1 is 1.35 bits per heavy atom. The number of benzene rings is 1. The van der Waals surface area contributed by atoms with Gasteiger partial charge in [-0.2, -0.15) is 5.10 Å². The Kier molecular flexibility index (Phi) is 7.11. The summed E-state index contributed by atoms with van der Waals surface area (Å²) in [6.45, 7) is 7.69. The summed E-state index contributed by atoms with van der Waals surface area (Å²) in [5, 5.41) is 9.78. The molecule has 0 saturated heterocycles. The van der Waals surface area contributed by atoms with Crippen molar-refractivity contribution in [3.63, 3.8) is 0 Å². The standard InChI is InChI=1S/C21H30FN7O2/c1-6-29(13(2)3)21(30)26-17-12-23-27-19(17)20-24-15-10-14(22)18(11-16(15)25-20)28(4)8-7-9-31-5/h10-13H,6-9H2,1-5H3,(H,23,27)(H,24,25)(H,26,30). The molecule has 2 heterocycles. The zero-order valence-corrected chi connectivity index (χ0v) is 18.6. The Balaban J connectivity index is 1.86. The van der Waals surface area contributed by atoms with Crippen LogP contribution >= 0.6 is 0 Å². The Morgan fingerprint density at radius 3 is 2.81 bits per heavy atom. The van der Waals surface area contributed by atoms with E-state index in [9.17, 15) is 9.18 Å². The van der Waals surface area contributed by atoms with Gasteiger partial charge in [-0.25, -0.2) is 14.2 Å². The van der Waals surface area contributed by atoms with Gasteiger partial charge in [0.05, 0.1) is 28.6 Å². The van der Waals surface area contributed by atoms with Gasteiger partial charge in [0.25, 0.3) is 0 Å². The van der Waals surface area contributed by atoms with Crippen LogP contribution in [-0.4, -0.2) is 71.0 Å². The number of fused-ring (bicyclic) bond motifs is 1. The van der Waals surface area contributed by atoms with Crippen molar-refractivity contribution in [2.24, 2.45) is 0 Å². The summed E-state index contributed by atoms with van der Waals surface area (Å²) in [4.78, 5) is 23.8. The van der Waals surface area contributed by atoms with E-state index in [1.807, 2.05) is 32.7 Å². The number of aromatic amines is 2. The number of methoxy groups -OCH3 is 1. The summed E-state index contributed by atoms with van der Waals surface area (Å²) >= 11 is 0. The van der Waals surface area contributed by atoms with Gasteiger partial charge in [0.15, 0.2) is 5.82 Å². The Morgan fingerprint density at radius 2 is 2.13 bits per heavy atom. The van der Waals surface area contributed by atoms with E-state index in [4.69, 9.17) is 4.74 Å². The fraction of sp³-hybridized carbons (Fsp3) is 0.476. The van der Waals surface area contributed by atoms with Crippen LogP contribution in [0.5, 0.6) is 0 Å². The second-order valence-electron chi connectivity index (χ2n) is 7.64. The molecule has 0 aliphatic rings. The van der Waals surface area contributed by atoms with Crippen molar-refractivity contribution in [1.29, 1.82) is 0 Å². The molecule has 0 radical (unpaired) electrons. The van der Waals surface area contributed by atoms with Gasteiger partial charge in [-0.3, -0.25) is 5.10 Å². The molecular formula is C21H30FN7O2. The zero-order valence-electron chi connectivity index (χ0n) is 18.6. The van der Waals surface area contributed by atoms with Crippen LogP contribution in [0.15, 0.2) is 18.3 Å². The predicted molar refractivity (Wildman–Crippen MR) is 120 cm³/mol. The highest BCUT2D eigenvalue weighted by atomic mass is 19.1. The number of imidazole rings is 1. The Hall–Kier alpha value is -3.14. The van der Waals surface area contributed by atoms with Gasteiger partial charge in [-0.1, -0.05) is 0 Å². The number of urea groups is 1. The van der Waals surface area contributed by atoms with Crippen LogP contribution in [0, 0.1) is 5.82 Å². The van der Waals surface area contributed by atoms with Gasteiger partial charge in [0.1, 0.15) is 11.5 Å². The van der Waals surface area contributed by atoms with Crippen molar-refractivity contribution < 1.29 is 13.9 Å². The number of H-pyrrole nitrogens is 2. The summed E-state index contributed by atoms with van der Waals surface area (Å²) in [5.41, 5.74) is 2.68. The summed E-state index contributed by atoms with van der Waals surface area (Å²) in [5.74, 6) is 0.130. The Bertz CT molecular complexity index is 1030. The molecule has 3 aromatic rings. The first-order chi connectivity index (χ1) is 14.8. The number of nitrogens with zero attached hydrogens (tertiary/aromatic N) is 4. The highest BCUT2D eigenvalue weighted by Gasteiger charge is 2.20. The SMILES string of the molecule is CCN(C(=O)Nc1cn[nH]c1-c1nc2cc(N(C)CCCOC)c(F)cc2[nH]1)C(C)C. The second-order valence-corrected chi connectivity index (χ2v) is 7.64. The minimum Gasteiger partial charge on any atom is -0.385 e. The maximum absolute atomic E-state index is 14.7. The van der Waals surface area contributed by atoms with Crippen LogP contribution < -0.4 is 10.2 Å². The van der Waals surface area contributed by atoms with E-state index in [1.54, 1.807) is 18.1 Å². The van der Waals surface area contributed by atoms with Gasteiger partial charge in [-0.05, 0) is 33.3 Å². The molecule has 0 unspecified atom stereocenters. The zero-order chi connectivity index (χ0) is 22.5. The summed E-state index contributed by atoms with van der Waals surface area (Å²) < 4.78 is 19.7. The lowest BCUT2D eigenvalue weighted by Gasteiger charge is -2.25. The number of aromatic nitrogens is 4. The minimum atomic E-state index is -0.337. The van der Waals surface area contributed by atoms with Crippen LogP contribution in [0.1, 0.15) is 27.2 Å². The maximum atomic E-state index is 14.7. The first kappa shape index (κ1) is 22.5. The van der Waals surface area contributed by atoms with Gasteiger partial charge in [-0.15, -0.1) is 0 Å². The largest absolute Gasteiger partial charge is 0.385 e. The van der Waals surface area contributed by atoms with E-state index >= 15 is 0 Å². The van der Waals surface area contributed by atoms with Crippen LogP contribution in [0.3, 0.4) is 0 Å². The number of amides is 2. The number of nitrogens with one attached hydrogen (secondary N) is 3. The lowest BCUT2D eigenvalue weighted by Crippen LogP contribution is -2.39. The molecule has 31 heavy (non-hydrogen) atoms. The van der Waals surface area contributed by atoms with Crippen molar-refractivity contribution in [3.8, 4) is 11.5 Å². The molecule has 0 spiro atoms. The van der Waals surface area contributed by atoms with Crippen molar-refractivity contribution in [1.82, 2.24) is 25.1 Å². The molecule has 2 amide bonds. The monoisotopic (exact) mass is 431 g/mol. The van der Waals surface area contributed by atoms with Crippen LogP contribution in [0.4, 0.5) is 20.6 Å². The van der Waals surface area contributed by atoms with Crippen LogP contribution in [-0.2, 0) is 4.74 Å². The minimum absolute atomic E-state index is 0.0637. The van der Waals surface area contributed by atoms with Crippen LogP contribution in [0.25, 0.3) is 22.6 Å². The summed E-state index contributed by atoms with van der Waals surface area (Å²) in [7, 11) is 3.48. The lowest BCUT2D eigenvalue weighted by atomic mass is 10.2. The van der Waals surface area contributed by atoms with E-state index in [-0.39, 0.29) is 17.9 Å². The fourth-order valence-electron chi connectivity index (χ4n) is 3.49. The molecule has 2 aromatic heterocycles. The van der Waals surface area contributed by atoms with E-state index < -0.39 is 0 Å². The molecular weight excluding hydrogens is 401 g/mol. The topological polar surface area (TPSA) is 102 Å². The number of anilines is 2. The quantitative estimate of drug-likeness (QED) is 0.447. The number of hydrogen-bond acceptors (Lipinski definition) is 5. The van der Waals surface area contributed by atoms with E-state index in [0.29, 0.717) is 53.6 Å².